The van der Waals surface area contributed by atoms with Crippen molar-refractivity contribution in [2.24, 2.45) is 4.99 Å². The first-order valence-electron chi connectivity index (χ1n) is 6.14. The normalized spacial score (nSPS) is 15.4. The van der Waals surface area contributed by atoms with E-state index in [1.807, 2.05) is 31.2 Å². The van der Waals surface area contributed by atoms with Crippen LogP contribution in [0.3, 0.4) is 0 Å². The minimum absolute atomic E-state index is 0.0437. The molecule has 100 valence electrons. The largest absolute Gasteiger partial charge is 0.512 e. The second-order valence-electron chi connectivity index (χ2n) is 4.44. The van der Waals surface area contributed by atoms with Crippen molar-refractivity contribution in [3.05, 3.63) is 41.2 Å². The molecule has 5 nitrogen and oxygen atoms in total. The van der Waals surface area contributed by atoms with Crippen molar-refractivity contribution in [2.75, 3.05) is 18.4 Å². The number of aliphatic imine (C=N–C) groups is 1. The van der Waals surface area contributed by atoms with E-state index in [4.69, 9.17) is 0 Å². The van der Waals surface area contributed by atoms with Crippen LogP contribution in [0, 0.1) is 6.92 Å². The van der Waals surface area contributed by atoms with Crippen LogP contribution in [-0.4, -0.2) is 29.9 Å². The van der Waals surface area contributed by atoms with Crippen LogP contribution in [0.1, 0.15) is 12.5 Å². The van der Waals surface area contributed by atoms with Crippen molar-refractivity contribution in [3.63, 3.8) is 0 Å². The Kier molecular flexibility index (Phi) is 3.85. The summed E-state index contributed by atoms with van der Waals surface area (Å²) in [6.07, 6.45) is 0. The number of aliphatic hydroxyl groups excluding tert-OH is 1. The van der Waals surface area contributed by atoms with Gasteiger partial charge in [0.25, 0.3) is 5.91 Å². The average Bonchev–Trinajstić information content (AvgIpc) is 2.85. The van der Waals surface area contributed by atoms with Crippen LogP contribution in [0.2, 0.25) is 0 Å². The summed E-state index contributed by atoms with van der Waals surface area (Å²) in [5.74, 6) is 0.0411. The summed E-state index contributed by atoms with van der Waals surface area (Å²) in [4.78, 5) is 16.3. The van der Waals surface area contributed by atoms with Crippen molar-refractivity contribution >= 4 is 17.4 Å². The molecular weight excluding hydrogens is 242 g/mol. The van der Waals surface area contributed by atoms with Crippen molar-refractivity contribution in [2.45, 2.75) is 13.8 Å². The number of aliphatic hydroxyl groups is 1. The summed E-state index contributed by atoms with van der Waals surface area (Å²) in [6, 6.07) is 7.47. The maximum atomic E-state index is 12.2. The maximum absolute atomic E-state index is 12.2. The van der Waals surface area contributed by atoms with Gasteiger partial charge in [-0.1, -0.05) is 17.7 Å². The van der Waals surface area contributed by atoms with Gasteiger partial charge >= 0.3 is 0 Å². The van der Waals surface area contributed by atoms with Crippen molar-refractivity contribution in [1.82, 2.24) is 5.32 Å². The highest BCUT2D eigenvalue weighted by atomic mass is 16.3. The molecule has 0 radical (unpaired) electrons. The van der Waals surface area contributed by atoms with Gasteiger partial charge in [0.15, 0.2) is 0 Å². The summed E-state index contributed by atoms with van der Waals surface area (Å²) < 4.78 is 0. The Morgan fingerprint density at radius 1 is 1.37 bits per heavy atom. The monoisotopic (exact) mass is 259 g/mol. The lowest BCUT2D eigenvalue weighted by Crippen LogP contribution is -2.29. The summed E-state index contributed by atoms with van der Waals surface area (Å²) in [6.45, 7) is 4.76. The van der Waals surface area contributed by atoms with E-state index in [1.54, 1.807) is 0 Å². The van der Waals surface area contributed by atoms with E-state index in [9.17, 15) is 9.90 Å². The lowest BCUT2D eigenvalue weighted by molar-refractivity contribution is -0.112. The van der Waals surface area contributed by atoms with E-state index in [2.05, 4.69) is 15.6 Å². The van der Waals surface area contributed by atoms with Crippen LogP contribution in [-0.2, 0) is 4.79 Å². The van der Waals surface area contributed by atoms with E-state index in [0.29, 0.717) is 24.6 Å². The number of allylic oxidation sites excluding steroid dienone is 1. The van der Waals surface area contributed by atoms with Crippen molar-refractivity contribution in [3.8, 4) is 0 Å². The summed E-state index contributed by atoms with van der Waals surface area (Å²) in [7, 11) is 0. The van der Waals surface area contributed by atoms with Crippen molar-refractivity contribution in [1.29, 1.82) is 0 Å². The quantitative estimate of drug-likeness (QED) is 0.572. The number of amides is 1. The first-order chi connectivity index (χ1) is 9.08. The van der Waals surface area contributed by atoms with Crippen LogP contribution in [0.5, 0.6) is 0 Å². The number of carbonyl (C=O) groups excluding carboxylic acids is 1. The molecule has 1 heterocycles. The molecule has 0 aromatic heterocycles. The maximum Gasteiger partial charge on any atom is 0.262 e. The second kappa shape index (κ2) is 5.56. The van der Waals surface area contributed by atoms with Crippen LogP contribution in [0.15, 0.2) is 40.6 Å². The molecule has 1 aromatic carbocycles. The fourth-order valence-electron chi connectivity index (χ4n) is 1.84. The molecular formula is C14H17N3O2. The molecule has 0 atom stereocenters. The zero-order valence-electron chi connectivity index (χ0n) is 11.0. The second-order valence-corrected chi connectivity index (χ2v) is 4.44. The topological polar surface area (TPSA) is 73.7 Å². The van der Waals surface area contributed by atoms with E-state index in [-0.39, 0.29) is 17.2 Å². The third-order valence-electron chi connectivity index (χ3n) is 2.81. The highest BCUT2D eigenvalue weighted by Gasteiger charge is 2.21. The molecule has 0 aliphatic carbocycles. The lowest BCUT2D eigenvalue weighted by Gasteiger charge is -2.10. The molecule has 5 heteroatoms. The number of carbonyl (C=O) groups is 1. The third-order valence-corrected chi connectivity index (χ3v) is 2.81. The van der Waals surface area contributed by atoms with Crippen LogP contribution < -0.4 is 10.6 Å². The lowest BCUT2D eigenvalue weighted by atomic mass is 10.1. The Labute approximate surface area is 112 Å². The minimum atomic E-state index is -0.364. The number of amidine groups is 1. The standard InChI is InChI=1S/C14H17N3O2/c1-9-3-5-11(6-4-9)17-14(19)12(10(2)18)13-15-7-8-16-13/h3-6,18H,7-8H2,1-2H3,(H,15,16)(H,17,19)/b12-10-. The van der Waals surface area contributed by atoms with E-state index in [0.717, 1.165) is 5.56 Å². The smallest absolute Gasteiger partial charge is 0.262 e. The Morgan fingerprint density at radius 3 is 2.58 bits per heavy atom. The first kappa shape index (κ1) is 13.1. The number of rotatable bonds is 3. The van der Waals surface area contributed by atoms with Gasteiger partial charge < -0.3 is 15.7 Å². The number of benzene rings is 1. The number of hydrogen-bond donors (Lipinski definition) is 3. The highest BCUT2D eigenvalue weighted by molar-refractivity contribution is 6.25. The third kappa shape index (κ3) is 3.13. The summed E-state index contributed by atoms with van der Waals surface area (Å²) in [5.41, 5.74) is 2.00. The number of hydrogen-bond acceptors (Lipinski definition) is 4. The predicted octanol–water partition coefficient (Wildman–Crippen LogP) is 1.77. The van der Waals surface area contributed by atoms with Gasteiger partial charge in [0.2, 0.25) is 0 Å². The minimum Gasteiger partial charge on any atom is -0.512 e. The molecule has 1 aliphatic rings. The zero-order chi connectivity index (χ0) is 13.8. The molecule has 0 saturated heterocycles. The number of nitrogens with one attached hydrogen (secondary N) is 2. The van der Waals surface area contributed by atoms with Crippen molar-refractivity contribution < 1.29 is 9.90 Å². The van der Waals surface area contributed by atoms with Gasteiger partial charge in [-0.15, -0.1) is 0 Å². The van der Waals surface area contributed by atoms with Gasteiger partial charge in [0, 0.05) is 12.2 Å². The first-order valence-corrected chi connectivity index (χ1v) is 6.14. The Hall–Kier alpha value is -2.30. The van der Waals surface area contributed by atoms with Gasteiger partial charge in [0.05, 0.1) is 6.54 Å². The molecule has 0 unspecified atom stereocenters. The molecule has 0 bridgehead atoms. The number of anilines is 1. The SMILES string of the molecule is C/C(O)=C(/C(=O)Nc1ccc(C)cc1)C1=NCCN1. The fourth-order valence-corrected chi connectivity index (χ4v) is 1.84. The van der Waals surface area contributed by atoms with Gasteiger partial charge in [-0.2, -0.15) is 0 Å². The molecule has 3 N–H and O–H groups in total. The Morgan fingerprint density at radius 2 is 2.05 bits per heavy atom. The van der Waals surface area contributed by atoms with Crippen LogP contribution in [0.25, 0.3) is 0 Å². The molecule has 1 aromatic rings. The van der Waals surface area contributed by atoms with E-state index in [1.165, 1.54) is 6.92 Å². The van der Waals surface area contributed by atoms with Gasteiger partial charge in [-0.3, -0.25) is 9.79 Å². The molecule has 0 fully saturated rings. The van der Waals surface area contributed by atoms with Crippen LogP contribution >= 0.6 is 0 Å². The molecule has 2 rings (SSSR count). The zero-order valence-corrected chi connectivity index (χ0v) is 11.0. The molecule has 0 spiro atoms. The van der Waals surface area contributed by atoms with Gasteiger partial charge in [0.1, 0.15) is 17.2 Å². The van der Waals surface area contributed by atoms with Gasteiger partial charge in [-0.05, 0) is 26.0 Å². The Bertz CT molecular complexity index is 540. The molecule has 19 heavy (non-hydrogen) atoms. The van der Waals surface area contributed by atoms with E-state index >= 15 is 0 Å². The average molecular weight is 259 g/mol. The van der Waals surface area contributed by atoms with Crippen LogP contribution in [0.4, 0.5) is 5.69 Å². The molecule has 0 saturated carbocycles. The fraction of sp³-hybridized carbons (Fsp3) is 0.286. The van der Waals surface area contributed by atoms with Gasteiger partial charge in [-0.25, -0.2) is 0 Å². The highest BCUT2D eigenvalue weighted by Crippen LogP contribution is 2.13. The van der Waals surface area contributed by atoms with E-state index < -0.39 is 0 Å². The Balaban J connectivity index is 2.17. The summed E-state index contributed by atoms with van der Waals surface area (Å²) >= 11 is 0. The number of aryl methyl sites for hydroxylation is 1. The predicted molar refractivity (Wildman–Crippen MR) is 75.4 cm³/mol. The summed E-state index contributed by atoms with van der Waals surface area (Å²) in [5, 5.41) is 15.4. The molecule has 1 amide bonds. The molecule has 1 aliphatic heterocycles. The number of nitrogens with zero attached hydrogens (tertiary/aromatic N) is 1.